The Morgan fingerprint density at radius 2 is 2.21 bits per heavy atom. The minimum absolute atomic E-state index is 0.190. The number of Topliss-reactive ketones (excluding diaryl/α,β-unsaturated/α-hetero) is 1. The van der Waals surface area contributed by atoms with Crippen molar-refractivity contribution in [3.8, 4) is 0 Å². The van der Waals surface area contributed by atoms with Crippen molar-refractivity contribution < 1.29 is 4.79 Å². The van der Waals surface area contributed by atoms with Gasteiger partial charge in [-0.25, -0.2) is 0 Å². The van der Waals surface area contributed by atoms with Gasteiger partial charge in [0, 0.05) is 23.5 Å². The summed E-state index contributed by atoms with van der Waals surface area (Å²) in [5.41, 5.74) is 0.952. The average molecular weight is 296 g/mol. The Bertz CT molecular complexity index is 434. The van der Waals surface area contributed by atoms with Gasteiger partial charge in [0.25, 0.3) is 0 Å². The zero-order valence-electron chi connectivity index (χ0n) is 11.1. The Morgan fingerprint density at radius 3 is 2.95 bits per heavy atom. The maximum absolute atomic E-state index is 12.2. The molecule has 3 nitrogen and oxygen atoms in total. The number of ketones is 1. The number of thioether (sulfide) groups is 2. The molecular formula is C14H20N2OS2. The lowest BCUT2D eigenvalue weighted by molar-refractivity contribution is -0.117. The van der Waals surface area contributed by atoms with E-state index in [4.69, 9.17) is 0 Å². The highest BCUT2D eigenvalue weighted by Crippen LogP contribution is 2.29. The van der Waals surface area contributed by atoms with Crippen LogP contribution in [0.3, 0.4) is 0 Å². The third kappa shape index (κ3) is 3.37. The fraction of sp³-hybridized carbons (Fsp3) is 0.714. The van der Waals surface area contributed by atoms with Crippen molar-refractivity contribution >= 4 is 29.3 Å². The number of rotatable bonds is 4. The topological polar surface area (TPSA) is 34.9 Å². The molecule has 1 aromatic heterocycles. The summed E-state index contributed by atoms with van der Waals surface area (Å²) in [5.74, 6) is 3.63. The van der Waals surface area contributed by atoms with Gasteiger partial charge in [-0.05, 0) is 18.9 Å². The highest BCUT2D eigenvalue weighted by molar-refractivity contribution is 8.07. The molecule has 1 atom stereocenters. The van der Waals surface area contributed by atoms with Crippen molar-refractivity contribution in [3.63, 3.8) is 0 Å². The van der Waals surface area contributed by atoms with E-state index in [1.54, 1.807) is 0 Å². The lowest BCUT2D eigenvalue weighted by atomic mass is 10.2. The lowest BCUT2D eigenvalue weighted by Crippen LogP contribution is -2.26. The summed E-state index contributed by atoms with van der Waals surface area (Å²) in [7, 11) is 0. The molecular weight excluding hydrogens is 276 g/mol. The molecule has 3 rings (SSSR count). The molecule has 2 fully saturated rings. The molecule has 0 spiro atoms. The summed E-state index contributed by atoms with van der Waals surface area (Å²) in [6, 6.07) is 2.60. The largest absolute Gasteiger partial charge is 0.298 e. The first-order valence-corrected chi connectivity index (χ1v) is 9.29. The summed E-state index contributed by atoms with van der Waals surface area (Å²) in [6.45, 7) is 0. The van der Waals surface area contributed by atoms with Crippen LogP contribution in [0.5, 0.6) is 0 Å². The van der Waals surface area contributed by atoms with E-state index in [1.165, 1.54) is 31.4 Å². The molecule has 1 aromatic rings. The fourth-order valence-corrected chi connectivity index (χ4v) is 5.46. The zero-order chi connectivity index (χ0) is 13.1. The summed E-state index contributed by atoms with van der Waals surface area (Å²) in [5, 5.41) is 4.80. The molecule has 0 bridgehead atoms. The quantitative estimate of drug-likeness (QED) is 0.855. The normalized spacial score (nSPS) is 24.7. The average Bonchev–Trinajstić information content (AvgIpc) is 3.10. The molecule has 1 aliphatic carbocycles. The summed E-state index contributed by atoms with van der Waals surface area (Å²) >= 11 is 3.72. The molecule has 19 heavy (non-hydrogen) atoms. The first kappa shape index (κ1) is 13.6. The predicted molar refractivity (Wildman–Crippen MR) is 82.0 cm³/mol. The molecule has 1 saturated heterocycles. The van der Waals surface area contributed by atoms with Crippen molar-refractivity contribution in [1.29, 1.82) is 0 Å². The zero-order valence-corrected chi connectivity index (χ0v) is 12.7. The van der Waals surface area contributed by atoms with Crippen LogP contribution in [0.4, 0.5) is 0 Å². The maximum Gasteiger partial charge on any atom is 0.152 e. The molecule has 5 heteroatoms. The smallest absolute Gasteiger partial charge is 0.152 e. The molecule has 104 valence electrons. The molecule has 1 unspecified atom stereocenters. The third-order valence-corrected chi connectivity index (χ3v) is 6.70. The lowest BCUT2D eigenvalue weighted by Gasteiger charge is -2.19. The van der Waals surface area contributed by atoms with Crippen LogP contribution in [0.1, 0.15) is 37.4 Å². The minimum Gasteiger partial charge on any atom is -0.298 e. The maximum atomic E-state index is 12.2. The SMILES string of the molecule is O=C(Cc1ccn(C2CCCC2)n1)C1CSCCS1. The van der Waals surface area contributed by atoms with Gasteiger partial charge in [0.2, 0.25) is 0 Å². The van der Waals surface area contributed by atoms with E-state index < -0.39 is 0 Å². The minimum atomic E-state index is 0.190. The molecule has 0 amide bonds. The van der Waals surface area contributed by atoms with Crippen molar-refractivity contribution in [1.82, 2.24) is 9.78 Å². The van der Waals surface area contributed by atoms with Crippen LogP contribution in [0.15, 0.2) is 12.3 Å². The summed E-state index contributed by atoms with van der Waals surface area (Å²) < 4.78 is 2.08. The van der Waals surface area contributed by atoms with Crippen molar-refractivity contribution in [3.05, 3.63) is 18.0 Å². The van der Waals surface area contributed by atoms with E-state index in [1.807, 2.05) is 29.6 Å². The highest BCUT2D eigenvalue weighted by atomic mass is 32.2. The van der Waals surface area contributed by atoms with Gasteiger partial charge in [0.15, 0.2) is 5.78 Å². The van der Waals surface area contributed by atoms with Crippen LogP contribution < -0.4 is 0 Å². The fourth-order valence-electron chi connectivity index (χ4n) is 2.81. The van der Waals surface area contributed by atoms with Gasteiger partial charge in [-0.3, -0.25) is 9.48 Å². The van der Waals surface area contributed by atoms with Crippen molar-refractivity contribution in [2.24, 2.45) is 0 Å². The van der Waals surface area contributed by atoms with Gasteiger partial charge in [-0.1, -0.05) is 12.8 Å². The molecule has 0 radical (unpaired) electrons. The van der Waals surface area contributed by atoms with E-state index in [-0.39, 0.29) is 5.25 Å². The molecule has 1 aliphatic heterocycles. The van der Waals surface area contributed by atoms with Crippen LogP contribution in [0.25, 0.3) is 0 Å². The van der Waals surface area contributed by atoms with Crippen molar-refractivity contribution in [2.75, 3.05) is 17.3 Å². The van der Waals surface area contributed by atoms with Gasteiger partial charge in [0.1, 0.15) is 0 Å². The second kappa shape index (κ2) is 6.35. The number of hydrogen-bond acceptors (Lipinski definition) is 4. The number of aromatic nitrogens is 2. The van der Waals surface area contributed by atoms with E-state index in [0.717, 1.165) is 17.2 Å². The summed E-state index contributed by atoms with van der Waals surface area (Å²) in [6.07, 6.45) is 7.68. The Kier molecular flexibility index (Phi) is 4.53. The Hall–Kier alpha value is -0.420. The molecule has 0 aromatic carbocycles. The first-order valence-electron chi connectivity index (χ1n) is 7.09. The standard InChI is InChI=1S/C14H20N2OS2/c17-13(14-10-18-7-8-19-14)9-11-5-6-16(15-11)12-3-1-2-4-12/h5-6,12,14H,1-4,7-10H2. The first-order chi connectivity index (χ1) is 9.33. The molecule has 2 aliphatic rings. The Balaban J connectivity index is 1.58. The van der Waals surface area contributed by atoms with Gasteiger partial charge in [-0.2, -0.15) is 16.9 Å². The number of carbonyl (C=O) groups excluding carboxylic acids is 1. The van der Waals surface area contributed by atoms with Crippen LogP contribution in [-0.4, -0.2) is 38.1 Å². The van der Waals surface area contributed by atoms with Gasteiger partial charge < -0.3 is 0 Å². The van der Waals surface area contributed by atoms with E-state index >= 15 is 0 Å². The highest BCUT2D eigenvalue weighted by Gasteiger charge is 2.23. The Labute approximate surface area is 122 Å². The van der Waals surface area contributed by atoms with Crippen LogP contribution >= 0.6 is 23.5 Å². The molecule has 2 heterocycles. The Morgan fingerprint density at radius 1 is 1.37 bits per heavy atom. The molecule has 0 N–H and O–H groups in total. The number of carbonyl (C=O) groups is 1. The van der Waals surface area contributed by atoms with E-state index in [0.29, 0.717) is 18.2 Å². The second-order valence-electron chi connectivity index (χ2n) is 5.30. The van der Waals surface area contributed by atoms with Crippen LogP contribution in [-0.2, 0) is 11.2 Å². The van der Waals surface area contributed by atoms with Gasteiger partial charge in [-0.15, -0.1) is 11.8 Å². The third-order valence-electron chi connectivity index (χ3n) is 3.89. The monoisotopic (exact) mass is 296 g/mol. The van der Waals surface area contributed by atoms with Gasteiger partial charge in [0.05, 0.1) is 23.4 Å². The second-order valence-corrected chi connectivity index (χ2v) is 7.76. The van der Waals surface area contributed by atoms with Crippen LogP contribution in [0.2, 0.25) is 0 Å². The van der Waals surface area contributed by atoms with E-state index in [2.05, 4.69) is 16.0 Å². The number of hydrogen-bond donors (Lipinski definition) is 0. The van der Waals surface area contributed by atoms with Gasteiger partial charge >= 0.3 is 0 Å². The molecule has 1 saturated carbocycles. The number of nitrogens with zero attached hydrogens (tertiary/aromatic N) is 2. The van der Waals surface area contributed by atoms with E-state index in [9.17, 15) is 4.79 Å². The van der Waals surface area contributed by atoms with Crippen LogP contribution in [0, 0.1) is 0 Å². The summed E-state index contributed by atoms with van der Waals surface area (Å²) in [4.78, 5) is 12.2. The predicted octanol–water partition coefficient (Wildman–Crippen LogP) is 2.96. The van der Waals surface area contributed by atoms with Crippen molar-refractivity contribution in [2.45, 2.75) is 43.4 Å².